The first-order valence-corrected chi connectivity index (χ1v) is 9.12. The van der Waals surface area contributed by atoms with Crippen LogP contribution in [0.25, 0.3) is 0 Å². The smallest absolute Gasteiger partial charge is 0.346 e. The second-order valence-corrected chi connectivity index (χ2v) is 7.15. The van der Waals surface area contributed by atoms with E-state index in [9.17, 15) is 14.9 Å². The molecule has 7 nitrogen and oxygen atoms in total. The van der Waals surface area contributed by atoms with Crippen molar-refractivity contribution in [2.75, 3.05) is 7.11 Å². The molecule has 0 N–H and O–H groups in total. The van der Waals surface area contributed by atoms with E-state index in [-0.39, 0.29) is 11.4 Å². The fraction of sp³-hybridized carbons (Fsp3) is 0.333. The monoisotopic (exact) mass is 374 g/mol. The molecule has 136 valence electrons. The molecule has 1 aromatic carbocycles. The molecule has 0 amide bonds. The third-order valence-electron chi connectivity index (χ3n) is 4.14. The Balaban J connectivity index is 1.83. The van der Waals surface area contributed by atoms with Crippen molar-refractivity contribution < 1.29 is 19.2 Å². The molecular weight excluding hydrogens is 356 g/mol. The highest BCUT2D eigenvalue weighted by molar-refractivity contribution is 7.99. The third-order valence-corrected chi connectivity index (χ3v) is 5.49. The molecule has 0 atom stereocenters. The second kappa shape index (κ2) is 8.18. The van der Waals surface area contributed by atoms with E-state index in [2.05, 4.69) is 4.98 Å². The summed E-state index contributed by atoms with van der Waals surface area (Å²) in [7, 11) is 1.41. The lowest BCUT2D eigenvalue weighted by atomic mass is 10.2. The Morgan fingerprint density at radius 2 is 2.08 bits per heavy atom. The number of hydrogen-bond donors (Lipinski definition) is 0. The molecule has 1 aromatic heterocycles. The average molecular weight is 374 g/mol. The summed E-state index contributed by atoms with van der Waals surface area (Å²) in [6.07, 6.45) is 6.19. The van der Waals surface area contributed by atoms with Crippen LogP contribution in [0.1, 0.15) is 36.0 Å². The number of rotatable bonds is 6. The summed E-state index contributed by atoms with van der Waals surface area (Å²) in [5.74, 6) is -0.469. The van der Waals surface area contributed by atoms with Crippen molar-refractivity contribution in [3.05, 3.63) is 52.2 Å². The van der Waals surface area contributed by atoms with Gasteiger partial charge in [0.15, 0.2) is 0 Å². The molecule has 0 radical (unpaired) electrons. The summed E-state index contributed by atoms with van der Waals surface area (Å²) >= 11 is 1.57. The molecule has 1 aliphatic rings. The van der Waals surface area contributed by atoms with Gasteiger partial charge in [0.25, 0.3) is 0 Å². The fourth-order valence-electron chi connectivity index (χ4n) is 2.81. The van der Waals surface area contributed by atoms with Gasteiger partial charge in [-0.15, -0.1) is 11.8 Å². The summed E-state index contributed by atoms with van der Waals surface area (Å²) in [5.41, 5.74) is -0.0129. The van der Waals surface area contributed by atoms with Crippen LogP contribution in [-0.4, -0.2) is 28.2 Å². The Morgan fingerprint density at radius 3 is 2.77 bits per heavy atom. The molecule has 0 aliphatic heterocycles. The fourth-order valence-corrected chi connectivity index (χ4v) is 4.10. The van der Waals surface area contributed by atoms with Gasteiger partial charge in [0.2, 0.25) is 5.75 Å². The van der Waals surface area contributed by atoms with Gasteiger partial charge in [-0.1, -0.05) is 12.8 Å². The third kappa shape index (κ3) is 4.13. The molecule has 0 spiro atoms. The van der Waals surface area contributed by atoms with Gasteiger partial charge in [-0.05, 0) is 37.1 Å². The number of nitrogens with zero attached hydrogens (tertiary/aromatic N) is 2. The number of hydrogen-bond acceptors (Lipinski definition) is 7. The van der Waals surface area contributed by atoms with Crippen molar-refractivity contribution in [2.24, 2.45) is 0 Å². The van der Waals surface area contributed by atoms with Crippen LogP contribution in [0.15, 0.2) is 41.6 Å². The van der Waals surface area contributed by atoms with E-state index < -0.39 is 10.9 Å². The van der Waals surface area contributed by atoms with Crippen molar-refractivity contribution in [2.45, 2.75) is 36.0 Å². The number of pyridine rings is 1. The van der Waals surface area contributed by atoms with E-state index in [0.29, 0.717) is 21.6 Å². The lowest BCUT2D eigenvalue weighted by molar-refractivity contribution is -0.385. The molecular formula is C18H18N2O5S. The predicted molar refractivity (Wildman–Crippen MR) is 97.0 cm³/mol. The number of benzene rings is 1. The summed E-state index contributed by atoms with van der Waals surface area (Å²) in [6.45, 7) is 0. The maximum absolute atomic E-state index is 12.6. The lowest BCUT2D eigenvalue weighted by Crippen LogP contribution is -2.12. The number of nitro groups is 1. The molecule has 26 heavy (non-hydrogen) atoms. The van der Waals surface area contributed by atoms with Crippen LogP contribution in [0.3, 0.4) is 0 Å². The van der Waals surface area contributed by atoms with Gasteiger partial charge in [0.05, 0.1) is 23.7 Å². The summed E-state index contributed by atoms with van der Waals surface area (Å²) in [4.78, 5) is 27.5. The van der Waals surface area contributed by atoms with E-state index >= 15 is 0 Å². The molecule has 3 rings (SSSR count). The average Bonchev–Trinajstić information content (AvgIpc) is 3.15. The molecule has 0 bridgehead atoms. The normalized spacial score (nSPS) is 14.2. The van der Waals surface area contributed by atoms with E-state index in [1.807, 2.05) is 0 Å². The van der Waals surface area contributed by atoms with Gasteiger partial charge < -0.3 is 9.47 Å². The van der Waals surface area contributed by atoms with E-state index in [1.54, 1.807) is 30.1 Å². The van der Waals surface area contributed by atoms with Crippen molar-refractivity contribution in [3.63, 3.8) is 0 Å². The van der Waals surface area contributed by atoms with Crippen LogP contribution >= 0.6 is 11.8 Å². The lowest BCUT2D eigenvalue weighted by Gasteiger charge is -2.12. The zero-order valence-corrected chi connectivity index (χ0v) is 15.0. The number of esters is 1. The van der Waals surface area contributed by atoms with E-state index in [4.69, 9.17) is 9.47 Å². The largest absolute Gasteiger partial charge is 0.496 e. The quantitative estimate of drug-likeness (QED) is 0.323. The predicted octanol–water partition coefficient (Wildman–Crippen LogP) is 4.25. The highest BCUT2D eigenvalue weighted by atomic mass is 32.2. The topological polar surface area (TPSA) is 91.6 Å². The van der Waals surface area contributed by atoms with Crippen molar-refractivity contribution >= 4 is 23.4 Å². The number of carbonyl (C=O) groups is 1. The van der Waals surface area contributed by atoms with E-state index in [0.717, 1.165) is 12.8 Å². The number of carbonyl (C=O) groups excluding carboxylic acids is 1. The first-order chi connectivity index (χ1) is 12.6. The number of nitro benzene ring substituents is 1. The van der Waals surface area contributed by atoms with E-state index in [1.165, 1.54) is 38.2 Å². The highest BCUT2D eigenvalue weighted by Crippen LogP contribution is 2.36. The van der Waals surface area contributed by atoms with Crippen molar-refractivity contribution in [1.29, 1.82) is 0 Å². The Labute approximate surface area is 154 Å². The number of aromatic nitrogens is 1. The zero-order valence-electron chi connectivity index (χ0n) is 14.2. The molecule has 0 saturated heterocycles. The maximum atomic E-state index is 12.6. The number of ether oxygens (including phenoxy) is 2. The minimum absolute atomic E-state index is 0.124. The van der Waals surface area contributed by atoms with Crippen molar-refractivity contribution in [3.8, 4) is 11.5 Å². The Bertz CT molecular complexity index is 821. The van der Waals surface area contributed by atoms with Gasteiger partial charge in [-0.25, -0.2) is 9.78 Å². The standard InChI is InChI=1S/C18H18N2O5S/c1-24-12-8-9-16(15(11-12)20(22)23)25-18(21)14-7-4-10-19-17(14)26-13-5-2-3-6-13/h4,7-11,13H,2-3,5-6H2,1H3. The van der Waals surface area contributed by atoms with Crippen LogP contribution in [0.5, 0.6) is 11.5 Å². The van der Waals surface area contributed by atoms with Gasteiger partial charge in [0, 0.05) is 11.4 Å². The van der Waals surface area contributed by atoms with Crippen LogP contribution in [-0.2, 0) is 0 Å². The van der Waals surface area contributed by atoms with Crippen LogP contribution in [0, 0.1) is 10.1 Å². The van der Waals surface area contributed by atoms with Crippen molar-refractivity contribution in [1.82, 2.24) is 4.98 Å². The molecule has 1 saturated carbocycles. The summed E-state index contributed by atoms with van der Waals surface area (Å²) in [6, 6.07) is 7.36. The first-order valence-electron chi connectivity index (χ1n) is 8.25. The Kier molecular flexibility index (Phi) is 5.72. The maximum Gasteiger partial charge on any atom is 0.346 e. The van der Waals surface area contributed by atoms with Crippen LogP contribution in [0.4, 0.5) is 5.69 Å². The number of thioether (sulfide) groups is 1. The van der Waals surface area contributed by atoms with Crippen LogP contribution in [0.2, 0.25) is 0 Å². The molecule has 1 heterocycles. The second-order valence-electron chi connectivity index (χ2n) is 5.86. The van der Waals surface area contributed by atoms with Gasteiger partial charge >= 0.3 is 11.7 Å². The minimum atomic E-state index is -0.660. The molecule has 1 aliphatic carbocycles. The van der Waals surface area contributed by atoms with Gasteiger partial charge in [-0.2, -0.15) is 0 Å². The first kappa shape index (κ1) is 18.2. The Hall–Kier alpha value is -2.61. The molecule has 8 heteroatoms. The zero-order chi connectivity index (χ0) is 18.5. The molecule has 0 unspecified atom stereocenters. The molecule has 2 aromatic rings. The summed E-state index contributed by atoms with van der Waals surface area (Å²) in [5, 5.41) is 12.3. The van der Waals surface area contributed by atoms with Crippen LogP contribution < -0.4 is 9.47 Å². The highest BCUT2D eigenvalue weighted by Gasteiger charge is 2.24. The number of methoxy groups -OCH3 is 1. The minimum Gasteiger partial charge on any atom is -0.496 e. The van der Waals surface area contributed by atoms with Gasteiger partial charge in [-0.3, -0.25) is 10.1 Å². The molecule has 1 fully saturated rings. The van der Waals surface area contributed by atoms with Gasteiger partial charge in [0.1, 0.15) is 10.8 Å². The Morgan fingerprint density at radius 1 is 1.31 bits per heavy atom. The SMILES string of the molecule is COc1ccc(OC(=O)c2cccnc2SC2CCCC2)c([N+](=O)[O-])c1. The summed E-state index contributed by atoms with van der Waals surface area (Å²) < 4.78 is 10.3.